The third-order valence-electron chi connectivity index (χ3n) is 3.72. The van der Waals surface area contributed by atoms with Crippen LogP contribution >= 0.6 is 11.8 Å². The van der Waals surface area contributed by atoms with E-state index in [2.05, 4.69) is 15.6 Å². The highest BCUT2D eigenvalue weighted by molar-refractivity contribution is 8.14. The molecule has 1 aromatic rings. The minimum absolute atomic E-state index is 0.467. The molecule has 4 N–H and O–H groups in total. The van der Waals surface area contributed by atoms with Crippen molar-refractivity contribution < 1.29 is 19.7 Å². The van der Waals surface area contributed by atoms with Crippen molar-refractivity contribution >= 4 is 28.5 Å². The smallest absolute Gasteiger partial charge is 0.256 e. The number of carbonyl (C=O) groups is 1. The third-order valence-corrected chi connectivity index (χ3v) is 4.83. The topological polar surface area (TPSA) is 103 Å². The summed E-state index contributed by atoms with van der Waals surface area (Å²) < 4.78 is 5.70. The molecule has 7 nitrogen and oxygen atoms in total. The number of aliphatic hydroxyl groups is 2. The molecule has 0 aliphatic carbocycles. The van der Waals surface area contributed by atoms with Crippen molar-refractivity contribution in [2.24, 2.45) is 4.99 Å². The number of nitrogens with zero attached hydrogens (tertiary/aromatic N) is 1. The van der Waals surface area contributed by atoms with Gasteiger partial charge in [-0.1, -0.05) is 30.0 Å². The van der Waals surface area contributed by atoms with Gasteiger partial charge in [-0.25, -0.2) is 0 Å². The minimum Gasteiger partial charge on any atom is -0.388 e. The van der Waals surface area contributed by atoms with Gasteiger partial charge < -0.3 is 25.6 Å². The largest absolute Gasteiger partial charge is 0.388 e. The number of hydrogen-bond donors (Lipinski definition) is 4. The molecule has 1 amide bonds. The van der Waals surface area contributed by atoms with Crippen LogP contribution in [0.2, 0.25) is 0 Å². The summed E-state index contributed by atoms with van der Waals surface area (Å²) in [6.45, 7) is 2.50. The van der Waals surface area contributed by atoms with Crippen molar-refractivity contribution in [3.63, 3.8) is 0 Å². The van der Waals surface area contributed by atoms with Gasteiger partial charge in [-0.3, -0.25) is 9.79 Å². The number of benzene rings is 1. The monoisotopic (exact) mass is 337 g/mol. The van der Waals surface area contributed by atoms with Crippen LogP contribution in [0, 0.1) is 0 Å². The number of para-hydroxylation sites is 1. The molecule has 0 saturated carbocycles. The maximum Gasteiger partial charge on any atom is 0.256 e. The van der Waals surface area contributed by atoms with E-state index in [1.165, 1.54) is 11.8 Å². The number of aliphatic imine (C=N–C) groups is 1. The lowest BCUT2D eigenvalue weighted by Crippen LogP contribution is -2.61. The number of aliphatic hydroxyl groups excluding tert-OH is 2. The Balaban J connectivity index is 1.71. The molecule has 1 aromatic carbocycles. The molecule has 8 heteroatoms. The summed E-state index contributed by atoms with van der Waals surface area (Å²) in [6, 6.07) is 8.42. The molecule has 2 saturated heterocycles. The fourth-order valence-electron chi connectivity index (χ4n) is 2.58. The van der Waals surface area contributed by atoms with Crippen LogP contribution < -0.4 is 10.6 Å². The Morgan fingerprint density at radius 2 is 2.09 bits per heavy atom. The van der Waals surface area contributed by atoms with Crippen molar-refractivity contribution in [2.75, 3.05) is 11.9 Å². The summed E-state index contributed by atoms with van der Waals surface area (Å²) in [5.74, 6) is -0.484. The molecular formula is C15H19N3O4S. The second kappa shape index (κ2) is 6.88. The molecule has 2 aliphatic heterocycles. The Morgan fingerprint density at radius 3 is 2.78 bits per heavy atom. The highest BCUT2D eigenvalue weighted by atomic mass is 32.2. The second-order valence-corrected chi connectivity index (χ2v) is 6.42. The number of fused-ring (bicyclic) bond motifs is 1. The molecular weight excluding hydrogens is 318 g/mol. The van der Waals surface area contributed by atoms with Gasteiger partial charge in [0.15, 0.2) is 11.3 Å². The van der Waals surface area contributed by atoms with Gasteiger partial charge in [0.25, 0.3) is 5.91 Å². The van der Waals surface area contributed by atoms with Gasteiger partial charge in [-0.2, -0.15) is 0 Å². The SMILES string of the molecule is CCN=C1NC2C(OC(C(=O)Nc3ccccc3)C(O)C2O)S1. The molecule has 124 valence electrons. The Labute approximate surface area is 138 Å². The molecule has 3 rings (SSSR count). The quantitative estimate of drug-likeness (QED) is 0.626. The molecule has 0 bridgehead atoms. The van der Waals surface area contributed by atoms with E-state index in [0.717, 1.165) is 0 Å². The van der Waals surface area contributed by atoms with Crippen LogP contribution in [0.15, 0.2) is 35.3 Å². The average molecular weight is 337 g/mol. The first-order chi connectivity index (χ1) is 11.1. The molecule has 5 unspecified atom stereocenters. The van der Waals surface area contributed by atoms with Crippen LogP contribution in [0.25, 0.3) is 0 Å². The number of rotatable bonds is 3. The van der Waals surface area contributed by atoms with E-state index in [1.54, 1.807) is 24.3 Å². The molecule has 2 aliphatic rings. The van der Waals surface area contributed by atoms with E-state index in [0.29, 0.717) is 17.4 Å². The lowest BCUT2D eigenvalue weighted by Gasteiger charge is -2.38. The maximum atomic E-state index is 12.4. The number of amidine groups is 1. The predicted octanol–water partition coefficient (Wildman–Crippen LogP) is 0.153. The number of carbonyl (C=O) groups excluding carboxylic acids is 1. The van der Waals surface area contributed by atoms with Crippen LogP contribution in [0.1, 0.15) is 6.92 Å². The van der Waals surface area contributed by atoms with Crippen LogP contribution in [-0.2, 0) is 9.53 Å². The lowest BCUT2D eigenvalue weighted by molar-refractivity contribution is -0.168. The molecule has 2 heterocycles. The fraction of sp³-hybridized carbons (Fsp3) is 0.467. The van der Waals surface area contributed by atoms with Crippen LogP contribution in [-0.4, -0.2) is 57.6 Å². The molecule has 2 fully saturated rings. The van der Waals surface area contributed by atoms with Crippen LogP contribution in [0.5, 0.6) is 0 Å². The second-order valence-electron chi connectivity index (χ2n) is 5.33. The van der Waals surface area contributed by atoms with Gasteiger partial charge in [0.1, 0.15) is 17.6 Å². The van der Waals surface area contributed by atoms with E-state index in [-0.39, 0.29) is 0 Å². The molecule has 0 radical (unpaired) electrons. The van der Waals surface area contributed by atoms with Gasteiger partial charge in [0.05, 0.1) is 6.04 Å². The lowest BCUT2D eigenvalue weighted by atomic mass is 9.97. The van der Waals surface area contributed by atoms with E-state index in [4.69, 9.17) is 4.74 Å². The van der Waals surface area contributed by atoms with Gasteiger partial charge >= 0.3 is 0 Å². The first-order valence-electron chi connectivity index (χ1n) is 7.45. The van der Waals surface area contributed by atoms with Crippen molar-refractivity contribution in [3.8, 4) is 0 Å². The van der Waals surface area contributed by atoms with Gasteiger partial charge in [0.2, 0.25) is 0 Å². The summed E-state index contributed by atoms with van der Waals surface area (Å²) in [4.78, 5) is 16.6. The van der Waals surface area contributed by atoms with E-state index in [9.17, 15) is 15.0 Å². The summed E-state index contributed by atoms with van der Waals surface area (Å²) in [5, 5.41) is 26.9. The zero-order valence-electron chi connectivity index (χ0n) is 12.5. The summed E-state index contributed by atoms with van der Waals surface area (Å²) >= 11 is 1.32. The number of hydrogen-bond acceptors (Lipinski definition) is 6. The Hall–Kier alpha value is -1.61. The molecule has 23 heavy (non-hydrogen) atoms. The Kier molecular flexibility index (Phi) is 4.86. The average Bonchev–Trinajstić information content (AvgIpc) is 2.95. The highest BCUT2D eigenvalue weighted by Gasteiger charge is 2.51. The van der Waals surface area contributed by atoms with E-state index in [1.807, 2.05) is 13.0 Å². The zero-order valence-corrected chi connectivity index (χ0v) is 13.4. The predicted molar refractivity (Wildman–Crippen MR) is 88.2 cm³/mol. The Bertz CT molecular complexity index is 598. The number of anilines is 1. The standard InChI is InChI=1S/C15H19N3O4S/c1-2-16-15-18-9-10(19)11(20)12(22-14(9)23-15)13(21)17-8-6-4-3-5-7-8/h3-7,9-12,14,19-20H,2H2,1H3,(H,16,18)(H,17,21). The Morgan fingerprint density at radius 1 is 1.35 bits per heavy atom. The van der Waals surface area contributed by atoms with Crippen molar-refractivity contribution in [3.05, 3.63) is 30.3 Å². The maximum absolute atomic E-state index is 12.4. The first-order valence-corrected chi connectivity index (χ1v) is 8.33. The number of ether oxygens (including phenoxy) is 1. The van der Waals surface area contributed by atoms with Gasteiger partial charge in [-0.15, -0.1) is 0 Å². The minimum atomic E-state index is -1.31. The van der Waals surface area contributed by atoms with Crippen molar-refractivity contribution in [1.29, 1.82) is 0 Å². The van der Waals surface area contributed by atoms with Gasteiger partial charge in [0, 0.05) is 12.2 Å². The molecule has 5 atom stereocenters. The van der Waals surface area contributed by atoms with Crippen molar-refractivity contribution in [1.82, 2.24) is 5.32 Å². The van der Waals surface area contributed by atoms with Gasteiger partial charge in [-0.05, 0) is 19.1 Å². The third kappa shape index (κ3) is 3.35. The van der Waals surface area contributed by atoms with E-state index >= 15 is 0 Å². The zero-order chi connectivity index (χ0) is 16.4. The van der Waals surface area contributed by atoms with Crippen LogP contribution in [0.3, 0.4) is 0 Å². The number of nitrogens with one attached hydrogen (secondary N) is 2. The fourth-order valence-corrected chi connectivity index (χ4v) is 3.76. The number of amides is 1. The van der Waals surface area contributed by atoms with Crippen LogP contribution in [0.4, 0.5) is 5.69 Å². The highest BCUT2D eigenvalue weighted by Crippen LogP contribution is 2.34. The first kappa shape index (κ1) is 16.3. The normalized spacial score (nSPS) is 34.7. The molecule has 0 aromatic heterocycles. The van der Waals surface area contributed by atoms with Crippen molar-refractivity contribution in [2.45, 2.75) is 36.7 Å². The summed E-state index contributed by atoms with van der Waals surface area (Å²) in [7, 11) is 0. The molecule has 0 spiro atoms. The summed E-state index contributed by atoms with van der Waals surface area (Å²) in [5.41, 5.74) is 0.139. The van der Waals surface area contributed by atoms with E-state index < -0.39 is 35.7 Å². The number of thioether (sulfide) groups is 1. The summed E-state index contributed by atoms with van der Waals surface area (Å²) in [6.07, 6.45) is -3.56.